The monoisotopic (exact) mass is 196 g/mol. The molecule has 14 heavy (non-hydrogen) atoms. The lowest BCUT2D eigenvalue weighted by molar-refractivity contribution is 0.453. The topological polar surface area (TPSA) is 52.0 Å². The van der Waals surface area contributed by atoms with Crippen LogP contribution in [0, 0.1) is 5.92 Å². The highest BCUT2D eigenvalue weighted by molar-refractivity contribution is 4.79. The number of hydrogen-bond acceptors (Lipinski definition) is 2. The summed E-state index contributed by atoms with van der Waals surface area (Å²) >= 11 is 0. The number of rotatable bonds is 9. The van der Waals surface area contributed by atoms with E-state index in [1.165, 1.54) is 12.8 Å². The molecule has 0 radical (unpaired) electrons. The molecule has 0 saturated heterocycles. The van der Waals surface area contributed by atoms with E-state index in [-0.39, 0.29) is 6.17 Å². The third-order valence-electron chi connectivity index (χ3n) is 2.40. The average Bonchev–Trinajstić information content (AvgIpc) is 2.12. The van der Waals surface area contributed by atoms with E-state index in [0.717, 1.165) is 25.7 Å². The van der Waals surface area contributed by atoms with E-state index in [1.807, 2.05) is 12.2 Å². The second-order valence-electron chi connectivity index (χ2n) is 3.86. The van der Waals surface area contributed by atoms with Crippen LogP contribution in [-0.2, 0) is 0 Å². The van der Waals surface area contributed by atoms with Gasteiger partial charge >= 0.3 is 0 Å². The molecule has 0 aromatic heterocycles. The molecule has 0 unspecified atom stereocenters. The first-order chi connectivity index (χ1) is 6.70. The smallest absolute Gasteiger partial charge is 0.0520 e. The van der Waals surface area contributed by atoms with Crippen LogP contribution in [0.25, 0.3) is 0 Å². The van der Waals surface area contributed by atoms with E-state index in [9.17, 15) is 0 Å². The van der Waals surface area contributed by atoms with Crippen LogP contribution in [-0.4, -0.2) is 6.17 Å². The van der Waals surface area contributed by atoms with Gasteiger partial charge in [-0.25, -0.2) is 0 Å². The summed E-state index contributed by atoms with van der Waals surface area (Å²) in [6, 6.07) is 0. The molecule has 0 spiro atoms. The lowest BCUT2D eigenvalue weighted by Crippen LogP contribution is -2.29. The molecule has 0 bridgehead atoms. The minimum atomic E-state index is -0.146. The van der Waals surface area contributed by atoms with Crippen LogP contribution in [0.2, 0.25) is 0 Å². The second-order valence-corrected chi connectivity index (χ2v) is 3.86. The predicted molar refractivity (Wildman–Crippen MR) is 63.7 cm³/mol. The van der Waals surface area contributed by atoms with Gasteiger partial charge in [0.2, 0.25) is 0 Å². The van der Waals surface area contributed by atoms with Crippen molar-refractivity contribution in [2.75, 3.05) is 0 Å². The van der Waals surface area contributed by atoms with Gasteiger partial charge in [-0.1, -0.05) is 25.0 Å². The zero-order chi connectivity index (χ0) is 10.8. The highest BCUT2D eigenvalue weighted by Gasteiger charge is 2.04. The predicted octanol–water partition coefficient (Wildman–Crippen LogP) is 2.56. The van der Waals surface area contributed by atoms with Crippen LogP contribution in [0.15, 0.2) is 25.3 Å². The fourth-order valence-corrected chi connectivity index (χ4v) is 1.62. The standard InChI is InChI=1S/C12H24N2/c1-3-7-11(8-4-2)9-5-6-10-12(13)14/h3-4,11-12H,1-2,5-10,13-14H2. The van der Waals surface area contributed by atoms with Crippen LogP contribution in [0.5, 0.6) is 0 Å². The van der Waals surface area contributed by atoms with Crippen LogP contribution in [0.1, 0.15) is 38.5 Å². The van der Waals surface area contributed by atoms with Crippen molar-refractivity contribution in [3.8, 4) is 0 Å². The molecule has 2 heteroatoms. The largest absolute Gasteiger partial charge is 0.316 e. The second kappa shape index (κ2) is 8.97. The van der Waals surface area contributed by atoms with Gasteiger partial charge in [-0.05, 0) is 31.6 Å². The summed E-state index contributed by atoms with van der Waals surface area (Å²) in [7, 11) is 0. The van der Waals surface area contributed by atoms with Gasteiger partial charge < -0.3 is 11.5 Å². The summed E-state index contributed by atoms with van der Waals surface area (Å²) in [6.45, 7) is 7.53. The van der Waals surface area contributed by atoms with Crippen LogP contribution in [0.3, 0.4) is 0 Å². The van der Waals surface area contributed by atoms with Crippen molar-refractivity contribution in [2.24, 2.45) is 17.4 Å². The molecule has 0 aliphatic heterocycles. The molecule has 0 aromatic carbocycles. The van der Waals surface area contributed by atoms with E-state index < -0.39 is 0 Å². The summed E-state index contributed by atoms with van der Waals surface area (Å²) < 4.78 is 0. The van der Waals surface area contributed by atoms with Gasteiger partial charge in [-0.3, -0.25) is 0 Å². The van der Waals surface area contributed by atoms with Gasteiger partial charge in [0.15, 0.2) is 0 Å². The van der Waals surface area contributed by atoms with E-state index in [1.54, 1.807) is 0 Å². The Balaban J connectivity index is 3.49. The maximum Gasteiger partial charge on any atom is 0.0520 e. The van der Waals surface area contributed by atoms with Crippen LogP contribution < -0.4 is 11.5 Å². The van der Waals surface area contributed by atoms with Crippen molar-refractivity contribution in [1.29, 1.82) is 0 Å². The minimum absolute atomic E-state index is 0.146. The first-order valence-electron chi connectivity index (χ1n) is 5.43. The van der Waals surface area contributed by atoms with Gasteiger partial charge in [-0.2, -0.15) is 0 Å². The summed E-state index contributed by atoms with van der Waals surface area (Å²) in [4.78, 5) is 0. The first kappa shape index (κ1) is 13.4. The number of unbranched alkanes of at least 4 members (excludes halogenated alkanes) is 1. The van der Waals surface area contributed by atoms with Gasteiger partial charge in [0, 0.05) is 0 Å². The van der Waals surface area contributed by atoms with Crippen molar-refractivity contribution in [3.63, 3.8) is 0 Å². The van der Waals surface area contributed by atoms with E-state index in [0.29, 0.717) is 5.92 Å². The summed E-state index contributed by atoms with van der Waals surface area (Å²) in [6.07, 6.45) is 10.5. The Morgan fingerprint density at radius 2 is 1.43 bits per heavy atom. The fourth-order valence-electron chi connectivity index (χ4n) is 1.62. The zero-order valence-corrected chi connectivity index (χ0v) is 9.12. The lowest BCUT2D eigenvalue weighted by atomic mass is 9.94. The molecule has 4 N–H and O–H groups in total. The Morgan fingerprint density at radius 3 is 1.86 bits per heavy atom. The van der Waals surface area contributed by atoms with Crippen molar-refractivity contribution in [3.05, 3.63) is 25.3 Å². The molecular weight excluding hydrogens is 172 g/mol. The highest BCUT2D eigenvalue weighted by atomic mass is 14.8. The summed E-state index contributed by atoms with van der Waals surface area (Å²) in [5, 5.41) is 0. The average molecular weight is 196 g/mol. The molecule has 0 heterocycles. The van der Waals surface area contributed by atoms with E-state index in [4.69, 9.17) is 11.5 Å². The molecule has 0 amide bonds. The van der Waals surface area contributed by atoms with Crippen LogP contribution >= 0.6 is 0 Å². The van der Waals surface area contributed by atoms with Crippen molar-refractivity contribution in [1.82, 2.24) is 0 Å². The maximum atomic E-state index is 5.47. The maximum absolute atomic E-state index is 5.47. The van der Waals surface area contributed by atoms with Crippen molar-refractivity contribution >= 4 is 0 Å². The van der Waals surface area contributed by atoms with E-state index in [2.05, 4.69) is 13.2 Å². The normalized spacial score (nSPS) is 10.9. The number of hydrogen-bond donors (Lipinski definition) is 2. The van der Waals surface area contributed by atoms with E-state index >= 15 is 0 Å². The Kier molecular flexibility index (Phi) is 8.59. The van der Waals surface area contributed by atoms with Crippen molar-refractivity contribution < 1.29 is 0 Å². The molecule has 0 fully saturated rings. The third kappa shape index (κ3) is 8.02. The number of allylic oxidation sites excluding steroid dienone is 2. The molecule has 0 atom stereocenters. The Labute approximate surface area is 88.1 Å². The molecule has 2 nitrogen and oxygen atoms in total. The quantitative estimate of drug-likeness (QED) is 0.338. The van der Waals surface area contributed by atoms with Gasteiger partial charge in [-0.15, -0.1) is 13.2 Å². The molecule has 0 aliphatic carbocycles. The van der Waals surface area contributed by atoms with Crippen molar-refractivity contribution in [2.45, 2.75) is 44.7 Å². The van der Waals surface area contributed by atoms with Crippen LogP contribution in [0.4, 0.5) is 0 Å². The molecule has 0 aliphatic rings. The minimum Gasteiger partial charge on any atom is -0.316 e. The summed E-state index contributed by atoms with van der Waals surface area (Å²) in [5.74, 6) is 0.707. The van der Waals surface area contributed by atoms with Gasteiger partial charge in [0.05, 0.1) is 6.17 Å². The molecule has 0 rings (SSSR count). The molecule has 0 saturated carbocycles. The highest BCUT2D eigenvalue weighted by Crippen LogP contribution is 2.18. The van der Waals surface area contributed by atoms with Gasteiger partial charge in [0.1, 0.15) is 0 Å². The Bertz CT molecular complexity index is 142. The molecular formula is C12H24N2. The Morgan fingerprint density at radius 1 is 0.929 bits per heavy atom. The van der Waals surface area contributed by atoms with Gasteiger partial charge in [0.25, 0.3) is 0 Å². The fraction of sp³-hybridized carbons (Fsp3) is 0.667. The first-order valence-corrected chi connectivity index (χ1v) is 5.43. The zero-order valence-electron chi connectivity index (χ0n) is 9.12. The lowest BCUT2D eigenvalue weighted by Gasteiger charge is -2.12. The molecule has 82 valence electrons. The third-order valence-corrected chi connectivity index (χ3v) is 2.40. The Hall–Kier alpha value is -0.600. The molecule has 0 aromatic rings. The SMILES string of the molecule is C=CCC(CC=C)CCCCC(N)N. The summed E-state index contributed by atoms with van der Waals surface area (Å²) in [5.41, 5.74) is 10.9. The number of nitrogens with two attached hydrogens (primary N) is 2.